The van der Waals surface area contributed by atoms with E-state index >= 15 is 0 Å². The highest BCUT2D eigenvalue weighted by Crippen LogP contribution is 2.32. The Morgan fingerprint density at radius 1 is 0.889 bits per heavy atom. The molecule has 1 aromatic heterocycles. The molecule has 138 valence electrons. The number of nitrogens with zero attached hydrogens (tertiary/aromatic N) is 2. The molecule has 0 amide bonds. The first-order valence-electron chi connectivity index (χ1n) is 8.94. The van der Waals surface area contributed by atoms with E-state index in [1.54, 1.807) is 0 Å². The van der Waals surface area contributed by atoms with Crippen LogP contribution in [0.25, 0.3) is 0 Å². The predicted octanol–water partition coefficient (Wildman–Crippen LogP) is 4.05. The molecule has 3 aromatic rings. The van der Waals surface area contributed by atoms with Gasteiger partial charge in [-0.25, -0.2) is 4.98 Å². The van der Waals surface area contributed by atoms with Crippen LogP contribution in [0.2, 0.25) is 0 Å². The van der Waals surface area contributed by atoms with Crippen LogP contribution in [0.1, 0.15) is 22.4 Å². The van der Waals surface area contributed by atoms with E-state index in [-0.39, 0.29) is 6.79 Å². The molecule has 1 aliphatic heterocycles. The van der Waals surface area contributed by atoms with E-state index in [4.69, 9.17) is 9.47 Å². The van der Waals surface area contributed by atoms with Gasteiger partial charge in [-0.05, 0) is 42.7 Å². The maximum Gasteiger partial charge on any atom is 0.231 e. The number of aromatic nitrogens is 2. The standard InChI is InChI=1S/C21H22N4O2/c1-14-5-3-4-6-17(14)12-23-21-24-15(2)9-20(25-21)22-11-16-7-8-18-19(10-16)27-13-26-18/h3-10H,11-13H2,1-2H3,(H2,22,23,24,25). The van der Waals surface area contributed by atoms with E-state index in [2.05, 4.69) is 39.7 Å². The van der Waals surface area contributed by atoms with E-state index in [1.165, 1.54) is 11.1 Å². The van der Waals surface area contributed by atoms with Crippen molar-refractivity contribution in [2.24, 2.45) is 0 Å². The summed E-state index contributed by atoms with van der Waals surface area (Å²) in [5.74, 6) is 2.98. The van der Waals surface area contributed by atoms with Gasteiger partial charge < -0.3 is 20.1 Å². The number of nitrogens with one attached hydrogen (secondary N) is 2. The van der Waals surface area contributed by atoms with Crippen molar-refractivity contribution in [3.63, 3.8) is 0 Å². The summed E-state index contributed by atoms with van der Waals surface area (Å²) < 4.78 is 10.8. The predicted molar refractivity (Wildman–Crippen MR) is 105 cm³/mol. The van der Waals surface area contributed by atoms with Crippen LogP contribution in [0.3, 0.4) is 0 Å². The smallest absolute Gasteiger partial charge is 0.231 e. The minimum atomic E-state index is 0.285. The van der Waals surface area contributed by atoms with Gasteiger partial charge in [-0.3, -0.25) is 0 Å². The number of fused-ring (bicyclic) bond motifs is 1. The normalized spacial score (nSPS) is 12.1. The van der Waals surface area contributed by atoms with Crippen molar-refractivity contribution >= 4 is 11.8 Å². The minimum Gasteiger partial charge on any atom is -0.454 e. The molecule has 0 fully saturated rings. The summed E-state index contributed by atoms with van der Waals surface area (Å²) in [6, 6.07) is 16.2. The molecule has 6 nitrogen and oxygen atoms in total. The molecule has 0 atom stereocenters. The number of hydrogen-bond donors (Lipinski definition) is 2. The van der Waals surface area contributed by atoms with Crippen molar-refractivity contribution < 1.29 is 9.47 Å². The summed E-state index contributed by atoms with van der Waals surface area (Å²) in [6.45, 7) is 5.69. The average molecular weight is 362 g/mol. The van der Waals surface area contributed by atoms with Gasteiger partial charge >= 0.3 is 0 Å². The van der Waals surface area contributed by atoms with Crippen molar-refractivity contribution in [1.82, 2.24) is 9.97 Å². The fourth-order valence-electron chi connectivity index (χ4n) is 2.96. The van der Waals surface area contributed by atoms with Gasteiger partial charge in [0.15, 0.2) is 11.5 Å². The molecule has 0 saturated carbocycles. The van der Waals surface area contributed by atoms with Crippen LogP contribution >= 0.6 is 0 Å². The van der Waals surface area contributed by atoms with Crippen LogP contribution in [0.15, 0.2) is 48.5 Å². The molecule has 0 aliphatic carbocycles. The Kier molecular flexibility index (Phi) is 4.78. The lowest BCUT2D eigenvalue weighted by Gasteiger charge is -2.11. The van der Waals surface area contributed by atoms with E-state index in [0.29, 0.717) is 19.0 Å². The van der Waals surface area contributed by atoms with Crippen molar-refractivity contribution in [2.75, 3.05) is 17.4 Å². The van der Waals surface area contributed by atoms with Crippen LogP contribution in [-0.4, -0.2) is 16.8 Å². The van der Waals surface area contributed by atoms with Gasteiger partial charge in [0.1, 0.15) is 5.82 Å². The number of rotatable bonds is 6. The summed E-state index contributed by atoms with van der Waals surface area (Å²) in [6.07, 6.45) is 0. The molecule has 2 N–H and O–H groups in total. The van der Waals surface area contributed by atoms with Crippen LogP contribution < -0.4 is 20.1 Å². The van der Waals surface area contributed by atoms with E-state index in [9.17, 15) is 0 Å². The molecule has 0 spiro atoms. The van der Waals surface area contributed by atoms with Gasteiger partial charge in [0, 0.05) is 24.8 Å². The molecule has 0 bridgehead atoms. The topological polar surface area (TPSA) is 68.3 Å². The fourth-order valence-corrected chi connectivity index (χ4v) is 2.96. The first-order valence-corrected chi connectivity index (χ1v) is 8.94. The molecule has 0 saturated heterocycles. The third-order valence-electron chi connectivity index (χ3n) is 4.46. The van der Waals surface area contributed by atoms with Crippen molar-refractivity contribution in [3.05, 3.63) is 70.9 Å². The fraction of sp³-hybridized carbons (Fsp3) is 0.238. The summed E-state index contributed by atoms with van der Waals surface area (Å²) in [7, 11) is 0. The zero-order valence-electron chi connectivity index (χ0n) is 15.5. The highest BCUT2D eigenvalue weighted by atomic mass is 16.7. The van der Waals surface area contributed by atoms with Crippen molar-refractivity contribution in [2.45, 2.75) is 26.9 Å². The lowest BCUT2D eigenvalue weighted by molar-refractivity contribution is 0.174. The molecular formula is C21H22N4O2. The van der Waals surface area contributed by atoms with Gasteiger partial charge in [-0.2, -0.15) is 4.98 Å². The number of hydrogen-bond acceptors (Lipinski definition) is 6. The molecule has 4 rings (SSSR count). The van der Waals surface area contributed by atoms with Crippen LogP contribution in [-0.2, 0) is 13.1 Å². The summed E-state index contributed by atoms with van der Waals surface area (Å²) in [5.41, 5.74) is 4.49. The van der Waals surface area contributed by atoms with E-state index < -0.39 is 0 Å². The highest BCUT2D eigenvalue weighted by molar-refractivity contribution is 5.47. The van der Waals surface area contributed by atoms with Gasteiger partial charge in [0.2, 0.25) is 12.7 Å². The van der Waals surface area contributed by atoms with Gasteiger partial charge in [0.05, 0.1) is 0 Å². The summed E-state index contributed by atoms with van der Waals surface area (Å²) >= 11 is 0. The molecular weight excluding hydrogens is 340 g/mol. The zero-order chi connectivity index (χ0) is 18.6. The zero-order valence-corrected chi connectivity index (χ0v) is 15.5. The molecule has 0 unspecified atom stereocenters. The third-order valence-corrected chi connectivity index (χ3v) is 4.46. The number of ether oxygens (including phenoxy) is 2. The maximum absolute atomic E-state index is 5.43. The second-order valence-electron chi connectivity index (χ2n) is 6.54. The van der Waals surface area contributed by atoms with Gasteiger partial charge in [-0.15, -0.1) is 0 Å². The van der Waals surface area contributed by atoms with Crippen LogP contribution in [0, 0.1) is 13.8 Å². The molecule has 2 aromatic carbocycles. The summed E-state index contributed by atoms with van der Waals surface area (Å²) in [4.78, 5) is 9.06. The first kappa shape index (κ1) is 17.1. The second-order valence-corrected chi connectivity index (χ2v) is 6.54. The Bertz CT molecular complexity index is 959. The van der Waals surface area contributed by atoms with Gasteiger partial charge in [0.25, 0.3) is 0 Å². The Morgan fingerprint density at radius 2 is 1.74 bits per heavy atom. The Hall–Kier alpha value is -3.28. The lowest BCUT2D eigenvalue weighted by Crippen LogP contribution is -2.08. The summed E-state index contributed by atoms with van der Waals surface area (Å²) in [5, 5.41) is 6.67. The van der Waals surface area contributed by atoms with E-state index in [0.717, 1.165) is 28.6 Å². The second kappa shape index (κ2) is 7.53. The van der Waals surface area contributed by atoms with Crippen LogP contribution in [0.5, 0.6) is 11.5 Å². The van der Waals surface area contributed by atoms with E-state index in [1.807, 2.05) is 43.3 Å². The average Bonchev–Trinajstić information content (AvgIpc) is 3.13. The number of benzene rings is 2. The SMILES string of the molecule is Cc1cc(NCc2ccc3c(c2)OCO3)nc(NCc2ccccc2C)n1. The largest absolute Gasteiger partial charge is 0.454 e. The van der Waals surface area contributed by atoms with Crippen LogP contribution in [0.4, 0.5) is 11.8 Å². The monoisotopic (exact) mass is 362 g/mol. The Morgan fingerprint density at radius 3 is 2.63 bits per heavy atom. The lowest BCUT2D eigenvalue weighted by atomic mass is 10.1. The minimum absolute atomic E-state index is 0.285. The number of anilines is 2. The quantitative estimate of drug-likeness (QED) is 0.690. The first-order chi connectivity index (χ1) is 13.2. The van der Waals surface area contributed by atoms with Crippen molar-refractivity contribution in [3.8, 4) is 11.5 Å². The Labute approximate surface area is 158 Å². The molecule has 1 aliphatic rings. The highest BCUT2D eigenvalue weighted by Gasteiger charge is 2.13. The molecule has 6 heteroatoms. The third kappa shape index (κ3) is 4.11. The molecule has 0 radical (unpaired) electrons. The Balaban J connectivity index is 1.42. The molecule has 27 heavy (non-hydrogen) atoms. The number of aryl methyl sites for hydroxylation is 2. The van der Waals surface area contributed by atoms with Gasteiger partial charge in [-0.1, -0.05) is 30.3 Å². The maximum atomic E-state index is 5.43. The molecule has 2 heterocycles. The van der Waals surface area contributed by atoms with Crippen molar-refractivity contribution in [1.29, 1.82) is 0 Å².